The molecular formula is C18H29FN2. The van der Waals surface area contributed by atoms with E-state index in [9.17, 15) is 4.39 Å². The third kappa shape index (κ3) is 3.97. The number of nitrogens with zero attached hydrogens (tertiary/aromatic N) is 1. The lowest BCUT2D eigenvalue weighted by atomic mass is 10.0. The number of para-hydroxylation sites is 1. The SMILES string of the molecule is CC(C)C1CCCN1c1c(F)cccc1CNC(C)(C)C. The lowest BCUT2D eigenvalue weighted by molar-refractivity contribution is 0.422. The van der Waals surface area contributed by atoms with E-state index in [1.165, 1.54) is 0 Å². The summed E-state index contributed by atoms with van der Waals surface area (Å²) in [6.45, 7) is 12.5. The van der Waals surface area contributed by atoms with Crippen molar-refractivity contribution in [2.45, 2.75) is 65.6 Å². The summed E-state index contributed by atoms with van der Waals surface area (Å²) >= 11 is 0. The quantitative estimate of drug-likeness (QED) is 0.888. The molecule has 0 radical (unpaired) electrons. The van der Waals surface area contributed by atoms with E-state index in [1.54, 1.807) is 6.07 Å². The molecule has 118 valence electrons. The topological polar surface area (TPSA) is 15.3 Å². The van der Waals surface area contributed by atoms with Gasteiger partial charge in [0.15, 0.2) is 0 Å². The van der Waals surface area contributed by atoms with Crippen molar-refractivity contribution in [2.75, 3.05) is 11.4 Å². The molecule has 0 aliphatic carbocycles. The monoisotopic (exact) mass is 292 g/mol. The van der Waals surface area contributed by atoms with Gasteiger partial charge in [0.05, 0.1) is 5.69 Å². The molecule has 1 aliphatic rings. The number of anilines is 1. The van der Waals surface area contributed by atoms with Gasteiger partial charge in [-0.15, -0.1) is 0 Å². The molecule has 0 aromatic heterocycles. The molecule has 1 atom stereocenters. The Morgan fingerprint density at radius 3 is 2.67 bits per heavy atom. The Labute approximate surface area is 128 Å². The van der Waals surface area contributed by atoms with Crippen LogP contribution in [0.1, 0.15) is 53.0 Å². The summed E-state index contributed by atoms with van der Waals surface area (Å²) in [7, 11) is 0. The largest absolute Gasteiger partial charge is 0.366 e. The van der Waals surface area contributed by atoms with Crippen LogP contribution >= 0.6 is 0 Å². The van der Waals surface area contributed by atoms with Crippen LogP contribution in [0.25, 0.3) is 0 Å². The molecule has 1 unspecified atom stereocenters. The van der Waals surface area contributed by atoms with Crippen molar-refractivity contribution in [3.05, 3.63) is 29.6 Å². The first kappa shape index (κ1) is 16.3. The van der Waals surface area contributed by atoms with Crippen molar-refractivity contribution in [1.29, 1.82) is 0 Å². The van der Waals surface area contributed by atoms with Gasteiger partial charge >= 0.3 is 0 Å². The molecule has 0 bridgehead atoms. The molecule has 0 spiro atoms. The highest BCUT2D eigenvalue weighted by Crippen LogP contribution is 2.34. The van der Waals surface area contributed by atoms with E-state index < -0.39 is 0 Å². The molecule has 1 fully saturated rings. The fourth-order valence-electron chi connectivity index (χ4n) is 3.15. The van der Waals surface area contributed by atoms with Gasteiger partial charge in [-0.1, -0.05) is 26.0 Å². The highest BCUT2D eigenvalue weighted by Gasteiger charge is 2.30. The third-order valence-corrected chi connectivity index (χ3v) is 4.24. The molecule has 1 aliphatic heterocycles. The fraction of sp³-hybridized carbons (Fsp3) is 0.667. The van der Waals surface area contributed by atoms with Crippen molar-refractivity contribution < 1.29 is 4.39 Å². The Morgan fingerprint density at radius 2 is 2.05 bits per heavy atom. The first-order valence-corrected chi connectivity index (χ1v) is 8.08. The molecule has 1 saturated heterocycles. The number of rotatable bonds is 4. The summed E-state index contributed by atoms with van der Waals surface area (Å²) in [5.74, 6) is 0.464. The number of hydrogen-bond donors (Lipinski definition) is 1. The Hall–Kier alpha value is -1.09. The van der Waals surface area contributed by atoms with Crippen LogP contribution in [-0.2, 0) is 6.54 Å². The highest BCUT2D eigenvalue weighted by molar-refractivity contribution is 5.56. The molecule has 1 heterocycles. The number of halogens is 1. The van der Waals surface area contributed by atoms with Crippen LogP contribution < -0.4 is 10.2 Å². The summed E-state index contributed by atoms with van der Waals surface area (Å²) < 4.78 is 14.5. The molecule has 1 N–H and O–H groups in total. The number of hydrogen-bond acceptors (Lipinski definition) is 2. The van der Waals surface area contributed by atoms with Crippen LogP contribution in [0.4, 0.5) is 10.1 Å². The Morgan fingerprint density at radius 1 is 1.33 bits per heavy atom. The van der Waals surface area contributed by atoms with E-state index in [0.29, 0.717) is 18.5 Å². The lowest BCUT2D eigenvalue weighted by Gasteiger charge is -2.32. The van der Waals surface area contributed by atoms with Crippen LogP contribution in [0.5, 0.6) is 0 Å². The second-order valence-electron chi connectivity index (χ2n) is 7.50. The van der Waals surface area contributed by atoms with Crippen molar-refractivity contribution >= 4 is 5.69 Å². The van der Waals surface area contributed by atoms with Crippen molar-refractivity contribution in [3.63, 3.8) is 0 Å². The van der Waals surface area contributed by atoms with Gasteiger partial charge in [0.2, 0.25) is 0 Å². The second kappa shape index (κ2) is 6.35. The normalized spacial score (nSPS) is 19.6. The summed E-state index contributed by atoms with van der Waals surface area (Å²) in [5.41, 5.74) is 1.91. The minimum absolute atomic E-state index is 0.0338. The van der Waals surface area contributed by atoms with Gasteiger partial charge in [-0.05, 0) is 51.2 Å². The maximum absolute atomic E-state index is 14.5. The molecule has 0 amide bonds. The van der Waals surface area contributed by atoms with Gasteiger partial charge in [0.1, 0.15) is 5.82 Å². The fourth-order valence-corrected chi connectivity index (χ4v) is 3.15. The molecule has 1 aromatic rings. The molecule has 2 nitrogen and oxygen atoms in total. The van der Waals surface area contributed by atoms with Crippen molar-refractivity contribution in [3.8, 4) is 0 Å². The number of nitrogens with one attached hydrogen (secondary N) is 1. The minimum atomic E-state index is -0.0873. The van der Waals surface area contributed by atoms with E-state index in [0.717, 1.165) is 30.6 Å². The smallest absolute Gasteiger partial charge is 0.146 e. The Balaban J connectivity index is 2.29. The lowest BCUT2D eigenvalue weighted by Crippen LogP contribution is -2.37. The first-order chi connectivity index (χ1) is 9.79. The maximum atomic E-state index is 14.5. The summed E-state index contributed by atoms with van der Waals surface area (Å²) in [6.07, 6.45) is 2.32. The minimum Gasteiger partial charge on any atom is -0.366 e. The zero-order valence-electron chi connectivity index (χ0n) is 14.0. The molecular weight excluding hydrogens is 263 g/mol. The predicted molar refractivity (Wildman–Crippen MR) is 88.2 cm³/mol. The molecule has 2 rings (SSSR count). The molecule has 21 heavy (non-hydrogen) atoms. The zero-order valence-corrected chi connectivity index (χ0v) is 14.0. The van der Waals surface area contributed by atoms with Crippen molar-refractivity contribution in [1.82, 2.24) is 5.32 Å². The Bertz CT molecular complexity index is 477. The first-order valence-electron chi connectivity index (χ1n) is 8.08. The van der Waals surface area contributed by atoms with E-state index in [4.69, 9.17) is 0 Å². The van der Waals surface area contributed by atoms with Crippen molar-refractivity contribution in [2.24, 2.45) is 5.92 Å². The summed E-state index contributed by atoms with van der Waals surface area (Å²) in [6, 6.07) is 5.91. The van der Waals surface area contributed by atoms with E-state index in [2.05, 4.69) is 44.8 Å². The van der Waals surface area contributed by atoms with E-state index in [-0.39, 0.29) is 11.4 Å². The molecule has 1 aromatic carbocycles. The average molecular weight is 292 g/mol. The predicted octanol–water partition coefficient (Wildman–Crippen LogP) is 4.34. The van der Waals surface area contributed by atoms with Crippen LogP contribution in [0.15, 0.2) is 18.2 Å². The summed E-state index contributed by atoms with van der Waals surface area (Å²) in [4.78, 5) is 2.29. The highest BCUT2D eigenvalue weighted by atomic mass is 19.1. The van der Waals surface area contributed by atoms with E-state index >= 15 is 0 Å². The van der Waals surface area contributed by atoms with Crippen LogP contribution in [0, 0.1) is 11.7 Å². The second-order valence-corrected chi connectivity index (χ2v) is 7.50. The van der Waals surface area contributed by atoms with Gasteiger partial charge in [0, 0.05) is 24.7 Å². The van der Waals surface area contributed by atoms with Gasteiger partial charge in [-0.25, -0.2) is 4.39 Å². The average Bonchev–Trinajstić information content (AvgIpc) is 2.84. The summed E-state index contributed by atoms with van der Waals surface area (Å²) in [5, 5.41) is 3.48. The molecule has 3 heteroatoms. The van der Waals surface area contributed by atoms with Crippen LogP contribution in [0.3, 0.4) is 0 Å². The van der Waals surface area contributed by atoms with E-state index in [1.807, 2.05) is 12.1 Å². The standard InChI is InChI=1S/C18H29FN2/c1-13(2)16-10-7-11-21(16)17-14(8-6-9-15(17)19)12-20-18(3,4)5/h6,8-9,13,16,20H,7,10-12H2,1-5H3. The van der Waals surface area contributed by atoms with Gasteiger partial charge in [-0.3, -0.25) is 0 Å². The van der Waals surface area contributed by atoms with Gasteiger partial charge in [0.25, 0.3) is 0 Å². The Kier molecular flexibility index (Phi) is 4.92. The van der Waals surface area contributed by atoms with Crippen LogP contribution in [0.2, 0.25) is 0 Å². The maximum Gasteiger partial charge on any atom is 0.146 e. The number of benzene rings is 1. The van der Waals surface area contributed by atoms with Crippen LogP contribution in [-0.4, -0.2) is 18.1 Å². The molecule has 0 saturated carbocycles. The third-order valence-electron chi connectivity index (χ3n) is 4.24. The zero-order chi connectivity index (χ0) is 15.6. The van der Waals surface area contributed by atoms with Gasteiger partial charge in [-0.2, -0.15) is 0 Å². The van der Waals surface area contributed by atoms with Gasteiger partial charge < -0.3 is 10.2 Å².